The minimum atomic E-state index is -0.844. The smallest absolute Gasteiger partial charge is 0.356 e. The van der Waals surface area contributed by atoms with Crippen LogP contribution in [0.25, 0.3) is 16.2 Å². The number of esters is 2. The first-order chi connectivity index (χ1) is 15.4. The Labute approximate surface area is 192 Å². The van der Waals surface area contributed by atoms with Crippen molar-refractivity contribution in [2.75, 3.05) is 14.2 Å². The third-order valence-corrected chi connectivity index (χ3v) is 5.10. The first-order valence-electron chi connectivity index (χ1n) is 9.13. The van der Waals surface area contributed by atoms with Gasteiger partial charge in [-0.1, -0.05) is 19.6 Å². The van der Waals surface area contributed by atoms with Gasteiger partial charge in [0.1, 0.15) is 5.69 Å². The molecule has 8 nitrogen and oxygen atoms in total. The van der Waals surface area contributed by atoms with Gasteiger partial charge in [0.25, 0.3) is 0 Å². The molecule has 0 saturated heterocycles. The second-order valence-corrected chi connectivity index (χ2v) is 7.19. The Morgan fingerprint density at radius 2 is 1.79 bits per heavy atom. The van der Waals surface area contributed by atoms with E-state index in [1.165, 1.54) is 42.2 Å². The van der Waals surface area contributed by atoms with Gasteiger partial charge in [-0.3, -0.25) is 0 Å². The van der Waals surface area contributed by atoms with E-state index in [0.29, 0.717) is 16.9 Å². The van der Waals surface area contributed by atoms with E-state index in [1.807, 2.05) is 17.5 Å². The predicted molar refractivity (Wildman–Crippen MR) is 120 cm³/mol. The van der Waals surface area contributed by atoms with Crippen molar-refractivity contribution in [3.8, 4) is 10.6 Å². The van der Waals surface area contributed by atoms with Crippen LogP contribution in [0.15, 0.2) is 47.8 Å². The largest absolute Gasteiger partial charge is 0.464 e. The zero-order valence-electron chi connectivity index (χ0n) is 17.0. The molecule has 0 atom stereocenters. The van der Waals surface area contributed by atoms with Crippen LogP contribution in [0.1, 0.15) is 34.0 Å². The fraction of sp³-hybridized carbons (Fsp3) is 0.182. The first kappa shape index (κ1) is 25.6. The molecule has 33 heavy (non-hydrogen) atoms. The Kier molecular flexibility index (Phi) is 8.71. The molecule has 4 aromatic rings. The van der Waals surface area contributed by atoms with Crippen LogP contribution in [0, 0.1) is 11.6 Å². The van der Waals surface area contributed by atoms with Crippen LogP contribution in [-0.4, -0.2) is 40.8 Å². The molecule has 11 heteroatoms. The molecule has 3 heterocycles. The Hall–Kier alpha value is -3.70. The normalized spacial score (nSPS) is 10.1. The van der Waals surface area contributed by atoms with Crippen LogP contribution in [0.4, 0.5) is 8.78 Å². The molecular formula is C22H22F2N4O4S. The standard InChI is InChI=1S/C14H11N3O4S.C7H7F2N.CH4/c1-20-13(18)9-6-10(14(19)21-2)17-12(15-9)7-8(16-17)11-4-3-5-22-11;8-6-2-1-5(4-10)3-7(6)9;/h3-7H,1-2H3;1-3H,4,10H2;1H4. The molecule has 0 saturated carbocycles. The van der Waals surface area contributed by atoms with Gasteiger partial charge in [-0.15, -0.1) is 11.3 Å². The maximum atomic E-state index is 12.3. The summed E-state index contributed by atoms with van der Waals surface area (Å²) >= 11 is 1.51. The number of hydrogen-bond donors (Lipinski definition) is 1. The van der Waals surface area contributed by atoms with Gasteiger partial charge < -0.3 is 15.2 Å². The number of aromatic nitrogens is 3. The van der Waals surface area contributed by atoms with Crippen molar-refractivity contribution in [3.05, 3.63) is 76.4 Å². The summed E-state index contributed by atoms with van der Waals surface area (Å²) in [6, 6.07) is 10.4. The van der Waals surface area contributed by atoms with Crippen molar-refractivity contribution in [3.63, 3.8) is 0 Å². The van der Waals surface area contributed by atoms with E-state index in [0.717, 1.165) is 17.0 Å². The van der Waals surface area contributed by atoms with E-state index in [-0.39, 0.29) is 25.4 Å². The third kappa shape index (κ3) is 5.76. The molecule has 0 fully saturated rings. The molecular weight excluding hydrogens is 454 g/mol. The van der Waals surface area contributed by atoms with E-state index in [1.54, 1.807) is 6.07 Å². The molecule has 0 unspecified atom stereocenters. The van der Waals surface area contributed by atoms with Gasteiger partial charge in [0, 0.05) is 18.7 Å². The zero-order chi connectivity index (χ0) is 23.3. The number of methoxy groups -OCH3 is 2. The van der Waals surface area contributed by atoms with Gasteiger partial charge in [-0.2, -0.15) is 5.10 Å². The SMILES string of the molecule is C.COC(=O)c1cc(C(=O)OC)n2nc(-c3cccs3)cc2n1.NCc1ccc(F)c(F)c1. The molecule has 0 radical (unpaired) electrons. The molecule has 174 valence electrons. The van der Waals surface area contributed by atoms with Crippen molar-refractivity contribution < 1.29 is 27.8 Å². The van der Waals surface area contributed by atoms with Crippen molar-refractivity contribution in [2.24, 2.45) is 5.73 Å². The van der Waals surface area contributed by atoms with Crippen molar-refractivity contribution >= 4 is 28.9 Å². The number of benzene rings is 1. The van der Waals surface area contributed by atoms with Crippen molar-refractivity contribution in [1.82, 2.24) is 14.6 Å². The van der Waals surface area contributed by atoms with E-state index >= 15 is 0 Å². The molecule has 4 rings (SSSR count). The van der Waals surface area contributed by atoms with Gasteiger partial charge in [0.05, 0.1) is 19.1 Å². The molecule has 2 N–H and O–H groups in total. The first-order valence-corrected chi connectivity index (χ1v) is 10.0. The highest BCUT2D eigenvalue weighted by molar-refractivity contribution is 7.13. The molecule has 0 amide bonds. The minimum absolute atomic E-state index is 0. The predicted octanol–water partition coefficient (Wildman–Crippen LogP) is 4.09. The Balaban J connectivity index is 0.000000297. The average Bonchev–Trinajstić information content (AvgIpc) is 3.49. The van der Waals surface area contributed by atoms with E-state index in [9.17, 15) is 18.4 Å². The lowest BCUT2D eigenvalue weighted by Gasteiger charge is -2.04. The fourth-order valence-corrected chi connectivity index (χ4v) is 3.33. The van der Waals surface area contributed by atoms with Gasteiger partial charge in [-0.25, -0.2) is 27.9 Å². The number of thiophene rings is 1. The van der Waals surface area contributed by atoms with Crippen molar-refractivity contribution in [1.29, 1.82) is 0 Å². The van der Waals surface area contributed by atoms with Crippen LogP contribution < -0.4 is 5.73 Å². The summed E-state index contributed by atoms with van der Waals surface area (Å²) in [6.45, 7) is 0.233. The summed E-state index contributed by atoms with van der Waals surface area (Å²) in [5.74, 6) is -2.93. The van der Waals surface area contributed by atoms with E-state index in [4.69, 9.17) is 10.5 Å². The molecule has 0 aliphatic carbocycles. The lowest BCUT2D eigenvalue weighted by atomic mass is 10.2. The topological polar surface area (TPSA) is 109 Å². The maximum absolute atomic E-state index is 12.3. The van der Waals surface area contributed by atoms with Crippen LogP contribution in [-0.2, 0) is 16.0 Å². The summed E-state index contributed by atoms with van der Waals surface area (Å²) in [5, 5.41) is 6.29. The molecule has 3 aromatic heterocycles. The van der Waals surface area contributed by atoms with Gasteiger partial charge in [-0.05, 0) is 29.1 Å². The molecule has 0 aliphatic rings. The van der Waals surface area contributed by atoms with Crippen LogP contribution >= 0.6 is 11.3 Å². The fourth-order valence-electron chi connectivity index (χ4n) is 2.64. The number of nitrogens with zero attached hydrogens (tertiary/aromatic N) is 3. The quantitative estimate of drug-likeness (QED) is 0.442. The molecule has 1 aromatic carbocycles. The summed E-state index contributed by atoms with van der Waals surface area (Å²) < 4.78 is 35.3. The number of ether oxygens (including phenoxy) is 2. The maximum Gasteiger partial charge on any atom is 0.356 e. The number of carbonyl (C=O) groups excluding carboxylic acids is 2. The number of nitrogens with two attached hydrogens (primary N) is 1. The van der Waals surface area contributed by atoms with E-state index < -0.39 is 23.6 Å². The van der Waals surface area contributed by atoms with Crippen LogP contribution in [0.5, 0.6) is 0 Å². The second-order valence-electron chi connectivity index (χ2n) is 6.24. The zero-order valence-corrected chi connectivity index (χ0v) is 17.9. The Morgan fingerprint density at radius 1 is 1.06 bits per heavy atom. The number of rotatable bonds is 4. The molecule has 0 aliphatic heterocycles. The molecule has 0 bridgehead atoms. The molecule has 0 spiro atoms. The van der Waals surface area contributed by atoms with E-state index in [2.05, 4.69) is 14.8 Å². The monoisotopic (exact) mass is 476 g/mol. The van der Waals surface area contributed by atoms with Crippen LogP contribution in [0.2, 0.25) is 0 Å². The second kappa shape index (κ2) is 11.2. The minimum Gasteiger partial charge on any atom is -0.464 e. The highest BCUT2D eigenvalue weighted by Gasteiger charge is 2.20. The lowest BCUT2D eigenvalue weighted by molar-refractivity contribution is 0.0588. The van der Waals surface area contributed by atoms with Crippen molar-refractivity contribution in [2.45, 2.75) is 14.0 Å². The van der Waals surface area contributed by atoms with Gasteiger partial charge >= 0.3 is 11.9 Å². The average molecular weight is 477 g/mol. The summed E-state index contributed by atoms with van der Waals surface area (Å²) in [4.78, 5) is 28.7. The summed E-state index contributed by atoms with van der Waals surface area (Å²) in [5.41, 5.74) is 6.93. The number of fused-ring (bicyclic) bond motifs is 1. The van der Waals surface area contributed by atoms with Gasteiger partial charge in [0.15, 0.2) is 28.7 Å². The Bertz CT molecular complexity index is 1260. The highest BCUT2D eigenvalue weighted by atomic mass is 32.1. The van der Waals surface area contributed by atoms with Crippen LogP contribution in [0.3, 0.4) is 0 Å². The van der Waals surface area contributed by atoms with Gasteiger partial charge in [0.2, 0.25) is 0 Å². The highest BCUT2D eigenvalue weighted by Crippen LogP contribution is 2.25. The Morgan fingerprint density at radius 3 is 2.36 bits per heavy atom. The summed E-state index contributed by atoms with van der Waals surface area (Å²) in [6.07, 6.45) is 0. The summed E-state index contributed by atoms with van der Waals surface area (Å²) in [7, 11) is 2.51. The number of carbonyl (C=O) groups is 2. The third-order valence-electron chi connectivity index (χ3n) is 4.21. The number of hydrogen-bond acceptors (Lipinski definition) is 8. The lowest BCUT2D eigenvalue weighted by Crippen LogP contribution is -2.14. The number of halogens is 2.